The largest absolute Gasteiger partial charge is 0.416 e. The Kier molecular flexibility index (Phi) is 8.12. The Labute approximate surface area is 291 Å². The van der Waals surface area contributed by atoms with Gasteiger partial charge in [0.2, 0.25) is 0 Å². The smallest absolute Gasteiger partial charge is 0.369 e. The molecule has 1 atom stereocenters. The molecule has 0 aromatic heterocycles. The molecule has 1 aliphatic carbocycles. The number of hydrogen-bond donors (Lipinski definition) is 1. The molecule has 248 valence electrons. The first-order valence-electron chi connectivity index (χ1n) is 16.7. The zero-order valence-electron chi connectivity index (χ0n) is 27.1. The van der Waals surface area contributed by atoms with Crippen LogP contribution in [0.2, 0.25) is 0 Å². The second-order valence-corrected chi connectivity index (χ2v) is 14.3. The molecule has 6 aromatic carbocycles. The van der Waals surface area contributed by atoms with Gasteiger partial charge in [-0.15, -0.1) is 0 Å². The summed E-state index contributed by atoms with van der Waals surface area (Å²) in [6.45, 7) is 4.20. The number of fused-ring (bicyclic) bond motifs is 6. The minimum absolute atomic E-state index is 0.155. The minimum Gasteiger partial charge on any atom is -0.369 e. The van der Waals surface area contributed by atoms with Crippen LogP contribution in [-0.2, 0) is 19.0 Å². The van der Waals surface area contributed by atoms with E-state index >= 15 is 0 Å². The van der Waals surface area contributed by atoms with Crippen molar-refractivity contribution in [1.82, 2.24) is 4.90 Å². The molecule has 2 aliphatic rings. The molecule has 1 saturated heterocycles. The van der Waals surface area contributed by atoms with Crippen LogP contribution < -0.4 is 10.2 Å². The molecule has 6 aromatic rings. The lowest BCUT2D eigenvalue weighted by molar-refractivity contribution is -0.137. The average molecular weight is 723 g/mol. The average Bonchev–Trinajstić information content (AvgIpc) is 3.11. The van der Waals surface area contributed by atoms with Crippen LogP contribution in [0.25, 0.3) is 32.3 Å². The van der Waals surface area contributed by atoms with Crippen LogP contribution in [0.15, 0.2) is 102 Å². The molecule has 0 bridgehead atoms. The highest BCUT2D eigenvalue weighted by molar-refractivity contribution is 9.10. The van der Waals surface area contributed by atoms with Crippen LogP contribution in [0.1, 0.15) is 45.0 Å². The molecule has 1 unspecified atom stereocenters. The summed E-state index contributed by atoms with van der Waals surface area (Å²) < 4.78 is 40.6. The first-order chi connectivity index (χ1) is 23.6. The van der Waals surface area contributed by atoms with Gasteiger partial charge in [0.1, 0.15) is 0 Å². The SMILES string of the molecule is CN1CCN(c2ccc3c(c2)cc(Br)c2c4c(ccc23)CC(c2ccc3ccccc3c2NC(=O)c2ccc(C(F)(F)F)cc2)CC4)CC1. The second-order valence-electron chi connectivity index (χ2n) is 13.4. The van der Waals surface area contributed by atoms with Gasteiger partial charge in [0.25, 0.3) is 5.91 Å². The number of hydrogen-bond acceptors (Lipinski definition) is 3. The Balaban J connectivity index is 1.12. The quantitative estimate of drug-likeness (QED) is 0.184. The zero-order valence-corrected chi connectivity index (χ0v) is 28.7. The first kappa shape index (κ1) is 31.8. The van der Waals surface area contributed by atoms with E-state index in [1.54, 1.807) is 0 Å². The lowest BCUT2D eigenvalue weighted by Crippen LogP contribution is -2.44. The van der Waals surface area contributed by atoms with E-state index in [1.807, 2.05) is 24.3 Å². The second kappa shape index (κ2) is 12.5. The van der Waals surface area contributed by atoms with E-state index in [0.717, 1.165) is 84.1 Å². The van der Waals surface area contributed by atoms with Crippen molar-refractivity contribution < 1.29 is 18.0 Å². The molecule has 1 amide bonds. The monoisotopic (exact) mass is 721 g/mol. The van der Waals surface area contributed by atoms with Crippen molar-refractivity contribution in [1.29, 1.82) is 0 Å². The molecular weight excluding hydrogens is 687 g/mol. The third-order valence-corrected chi connectivity index (χ3v) is 11.1. The van der Waals surface area contributed by atoms with Crippen molar-refractivity contribution in [3.8, 4) is 0 Å². The lowest BCUT2D eigenvalue weighted by atomic mass is 9.77. The first-order valence-corrected chi connectivity index (χ1v) is 17.5. The van der Waals surface area contributed by atoms with E-state index in [9.17, 15) is 18.0 Å². The third-order valence-electron chi connectivity index (χ3n) is 10.4. The van der Waals surface area contributed by atoms with Gasteiger partial charge in [0, 0.05) is 47.3 Å². The topological polar surface area (TPSA) is 35.6 Å². The number of likely N-dealkylation sites (N-methyl/N-ethyl adjacent to an activating group) is 1. The van der Waals surface area contributed by atoms with E-state index in [2.05, 4.69) is 86.6 Å². The van der Waals surface area contributed by atoms with Crippen LogP contribution in [0.3, 0.4) is 0 Å². The highest BCUT2D eigenvalue weighted by Gasteiger charge is 2.31. The van der Waals surface area contributed by atoms with Crippen molar-refractivity contribution in [3.63, 3.8) is 0 Å². The molecule has 0 spiro atoms. The summed E-state index contributed by atoms with van der Waals surface area (Å²) in [7, 11) is 2.18. The summed E-state index contributed by atoms with van der Waals surface area (Å²) in [6, 6.07) is 30.1. The molecule has 1 aliphatic heterocycles. The number of piperazine rings is 1. The van der Waals surface area contributed by atoms with Gasteiger partial charge in [-0.1, -0.05) is 70.5 Å². The van der Waals surface area contributed by atoms with Crippen LogP contribution in [0.4, 0.5) is 24.5 Å². The molecule has 8 rings (SSSR count). The molecule has 1 N–H and O–H groups in total. The highest BCUT2D eigenvalue weighted by Crippen LogP contribution is 2.44. The number of nitrogens with zero attached hydrogens (tertiary/aromatic N) is 2. The van der Waals surface area contributed by atoms with Gasteiger partial charge in [-0.05, 0) is 118 Å². The number of halogens is 4. The van der Waals surface area contributed by atoms with Gasteiger partial charge in [-0.25, -0.2) is 0 Å². The van der Waals surface area contributed by atoms with Crippen LogP contribution in [-0.4, -0.2) is 44.0 Å². The number of carbonyl (C=O) groups is 1. The summed E-state index contributed by atoms with van der Waals surface area (Å²) in [5, 5.41) is 10.0. The van der Waals surface area contributed by atoms with E-state index in [0.29, 0.717) is 0 Å². The lowest BCUT2D eigenvalue weighted by Gasteiger charge is -2.34. The number of aryl methyl sites for hydroxylation is 1. The molecule has 0 radical (unpaired) electrons. The number of amides is 1. The zero-order chi connectivity index (χ0) is 33.9. The number of anilines is 2. The van der Waals surface area contributed by atoms with E-state index < -0.39 is 17.6 Å². The molecule has 4 nitrogen and oxygen atoms in total. The van der Waals surface area contributed by atoms with Gasteiger partial charge in [0.15, 0.2) is 0 Å². The van der Waals surface area contributed by atoms with Gasteiger partial charge in [-0.3, -0.25) is 4.79 Å². The normalized spacial score (nSPS) is 17.1. The standard InChI is InChI=1S/C41H35BrF3N3O/c1-47-18-20-48(21-19-47)31-13-17-32-29(23-31)24-37(42)38-33-14-9-28(22-27(33)10-16-36(32)38)35-15-8-25-4-2-3-5-34(25)39(35)46-40(49)26-6-11-30(12-7-26)41(43,44)45/h2-8,10-13,15-17,23-24,28H,9,14,18-22H2,1H3,(H,46,49). The summed E-state index contributed by atoms with van der Waals surface area (Å²) in [5.74, 6) is -0.275. The Hall–Kier alpha value is -4.40. The Morgan fingerprint density at radius 2 is 1.57 bits per heavy atom. The minimum atomic E-state index is -4.46. The predicted molar refractivity (Wildman–Crippen MR) is 197 cm³/mol. The fourth-order valence-corrected chi connectivity index (χ4v) is 8.47. The number of alkyl halides is 3. The highest BCUT2D eigenvalue weighted by atomic mass is 79.9. The van der Waals surface area contributed by atoms with E-state index in [1.165, 1.54) is 50.5 Å². The molecule has 49 heavy (non-hydrogen) atoms. The number of nitrogens with one attached hydrogen (secondary N) is 1. The number of rotatable bonds is 4. The number of benzene rings is 6. The molecule has 1 heterocycles. The fourth-order valence-electron chi connectivity index (χ4n) is 7.77. The molecular formula is C41H35BrF3N3O. The van der Waals surface area contributed by atoms with Crippen LogP contribution in [0.5, 0.6) is 0 Å². The summed E-state index contributed by atoms with van der Waals surface area (Å²) in [4.78, 5) is 18.3. The molecule has 0 saturated carbocycles. The van der Waals surface area contributed by atoms with E-state index in [-0.39, 0.29) is 11.5 Å². The Morgan fingerprint density at radius 3 is 2.35 bits per heavy atom. The van der Waals surface area contributed by atoms with Crippen molar-refractivity contribution in [2.24, 2.45) is 0 Å². The summed E-state index contributed by atoms with van der Waals surface area (Å²) in [6.07, 6.45) is -1.85. The Morgan fingerprint density at radius 1 is 0.816 bits per heavy atom. The van der Waals surface area contributed by atoms with Gasteiger partial charge < -0.3 is 15.1 Å². The van der Waals surface area contributed by atoms with E-state index in [4.69, 9.17) is 0 Å². The predicted octanol–water partition coefficient (Wildman–Crippen LogP) is 10.2. The maximum absolute atomic E-state index is 13.5. The molecule has 8 heteroatoms. The van der Waals surface area contributed by atoms with Crippen LogP contribution >= 0.6 is 15.9 Å². The number of carbonyl (C=O) groups excluding carboxylic acids is 1. The maximum atomic E-state index is 13.5. The Bertz CT molecular complexity index is 2240. The van der Waals surface area contributed by atoms with Crippen molar-refractivity contribution in [2.45, 2.75) is 31.4 Å². The van der Waals surface area contributed by atoms with Gasteiger partial charge in [-0.2, -0.15) is 13.2 Å². The summed E-state index contributed by atoms with van der Waals surface area (Å²) >= 11 is 3.96. The molecule has 1 fully saturated rings. The van der Waals surface area contributed by atoms with Crippen molar-refractivity contribution >= 4 is 65.5 Å². The van der Waals surface area contributed by atoms with Gasteiger partial charge >= 0.3 is 6.18 Å². The maximum Gasteiger partial charge on any atom is 0.416 e. The van der Waals surface area contributed by atoms with Crippen LogP contribution in [0, 0.1) is 0 Å². The fraction of sp³-hybridized carbons (Fsp3) is 0.244. The third kappa shape index (κ3) is 5.95. The van der Waals surface area contributed by atoms with Gasteiger partial charge in [0.05, 0.1) is 11.3 Å². The summed E-state index contributed by atoms with van der Waals surface area (Å²) in [5.41, 5.74) is 5.09. The van der Waals surface area contributed by atoms with Crippen molar-refractivity contribution in [2.75, 3.05) is 43.4 Å². The van der Waals surface area contributed by atoms with Crippen molar-refractivity contribution in [3.05, 3.63) is 129 Å².